The number of hydrogen-bond donors (Lipinski definition) is 2. The molecule has 0 aromatic carbocycles. The van der Waals surface area contributed by atoms with E-state index >= 15 is 0 Å². The van der Waals surface area contributed by atoms with Crippen molar-refractivity contribution in [3.63, 3.8) is 0 Å². The highest BCUT2D eigenvalue weighted by Crippen LogP contribution is 2.38. The number of phosphoric ester groups is 1. The van der Waals surface area contributed by atoms with Crippen LogP contribution in [-0.4, -0.2) is 68.5 Å². The number of likely N-dealkylation sites (N-methyl/N-ethyl adjacent to an activating group) is 1. The Labute approximate surface area is 355 Å². The lowest BCUT2D eigenvalue weighted by Crippen LogP contribution is -2.46. The molecule has 1 amide bonds. The molecule has 0 bridgehead atoms. The number of hydrogen-bond acceptors (Lipinski definition) is 6. The molecule has 8 nitrogen and oxygen atoms in total. The fourth-order valence-corrected chi connectivity index (χ4v) is 8.35. The topological polar surface area (TPSA) is 108 Å². The van der Waals surface area contributed by atoms with Gasteiger partial charge in [-0.25, -0.2) is 0 Å². The predicted octanol–water partition coefficient (Wildman–Crippen LogP) is 13.5. The van der Waals surface area contributed by atoms with Gasteiger partial charge in [-0.15, -0.1) is 0 Å². The predicted molar refractivity (Wildman–Crippen MR) is 243 cm³/mol. The molecule has 0 heterocycles. The van der Waals surface area contributed by atoms with Crippen LogP contribution in [0.4, 0.5) is 0 Å². The van der Waals surface area contributed by atoms with Crippen LogP contribution in [0.15, 0.2) is 0 Å². The standard InChI is InChI=1S/C48H99N2O6P/c1-6-8-10-12-14-16-18-19-20-21-22-23-24-25-26-27-28-29-30-32-34-36-38-40-42-48(52)49-46(45-56-57(53,54)55-44-43-50(3,4)5)47(51)41-39-37-35-33-31-17-15-13-11-9-7-2/h46-47,51H,6-45H2,1-5H3,(H-,49,52,53,54)/t46-,47+/m0/s1. The number of nitrogens with one attached hydrogen (secondary N) is 1. The number of aliphatic hydroxyl groups is 1. The van der Waals surface area contributed by atoms with Gasteiger partial charge in [0.05, 0.1) is 39.9 Å². The van der Waals surface area contributed by atoms with Gasteiger partial charge in [0.1, 0.15) is 13.2 Å². The van der Waals surface area contributed by atoms with Gasteiger partial charge in [-0.3, -0.25) is 9.36 Å². The Morgan fingerprint density at radius 1 is 0.544 bits per heavy atom. The van der Waals surface area contributed by atoms with Gasteiger partial charge in [0.25, 0.3) is 7.82 Å². The molecule has 0 aliphatic heterocycles. The third-order valence-corrected chi connectivity index (χ3v) is 12.6. The Balaban J connectivity index is 4.10. The van der Waals surface area contributed by atoms with Gasteiger partial charge < -0.3 is 28.8 Å². The van der Waals surface area contributed by atoms with Crippen molar-refractivity contribution < 1.29 is 32.9 Å². The van der Waals surface area contributed by atoms with Gasteiger partial charge in [-0.2, -0.15) is 0 Å². The molecule has 2 N–H and O–H groups in total. The number of carbonyl (C=O) groups is 1. The van der Waals surface area contributed by atoms with Crippen molar-refractivity contribution in [3.05, 3.63) is 0 Å². The third-order valence-electron chi connectivity index (χ3n) is 11.6. The van der Waals surface area contributed by atoms with E-state index in [0.717, 1.165) is 38.5 Å². The van der Waals surface area contributed by atoms with Crippen LogP contribution in [0.3, 0.4) is 0 Å². The minimum absolute atomic E-state index is 0.0160. The first-order valence-corrected chi connectivity index (χ1v) is 26.3. The molecule has 3 atom stereocenters. The molecule has 0 aliphatic carbocycles. The molecule has 0 aliphatic rings. The Morgan fingerprint density at radius 2 is 0.860 bits per heavy atom. The SMILES string of the molecule is CCCCCCCCCCCCCCCCCCCCCCCCCCC(=O)N[C@@H](COP(=O)([O-])OCC[N+](C)(C)C)[C@H](O)CCCCCCCCCCCCC. The number of aliphatic hydroxyl groups excluding tert-OH is 1. The lowest BCUT2D eigenvalue weighted by atomic mass is 10.0. The first kappa shape index (κ1) is 56.5. The average Bonchev–Trinajstić information content (AvgIpc) is 3.16. The number of nitrogens with zero attached hydrogens (tertiary/aromatic N) is 1. The van der Waals surface area contributed by atoms with Crippen molar-refractivity contribution in [2.24, 2.45) is 0 Å². The van der Waals surface area contributed by atoms with Crippen LogP contribution in [0.2, 0.25) is 0 Å². The molecule has 0 radical (unpaired) electrons. The van der Waals surface area contributed by atoms with Crippen LogP contribution in [0, 0.1) is 0 Å². The summed E-state index contributed by atoms with van der Waals surface area (Å²) in [4.78, 5) is 25.3. The molecule has 1 unspecified atom stereocenters. The van der Waals surface area contributed by atoms with Crippen molar-refractivity contribution >= 4 is 13.7 Å². The molecule has 9 heteroatoms. The van der Waals surface area contributed by atoms with Crippen molar-refractivity contribution in [1.82, 2.24) is 5.32 Å². The summed E-state index contributed by atoms with van der Waals surface area (Å²) in [7, 11) is 1.32. The molecule has 0 rings (SSSR count). The molecule has 342 valence electrons. The second-order valence-corrected chi connectivity index (χ2v) is 19.9. The van der Waals surface area contributed by atoms with Gasteiger partial charge in [-0.1, -0.05) is 232 Å². The van der Waals surface area contributed by atoms with Crippen molar-refractivity contribution in [1.29, 1.82) is 0 Å². The zero-order valence-electron chi connectivity index (χ0n) is 38.8. The maximum Gasteiger partial charge on any atom is 0.268 e. The fourth-order valence-electron chi connectivity index (χ4n) is 7.63. The minimum atomic E-state index is -4.56. The number of amides is 1. The summed E-state index contributed by atoms with van der Waals surface area (Å²) in [6.07, 6.45) is 45.5. The molecule has 57 heavy (non-hydrogen) atoms. The highest BCUT2D eigenvalue weighted by molar-refractivity contribution is 7.45. The zero-order chi connectivity index (χ0) is 42.1. The number of rotatable bonds is 46. The van der Waals surface area contributed by atoms with Crippen molar-refractivity contribution in [3.8, 4) is 0 Å². The largest absolute Gasteiger partial charge is 0.756 e. The highest BCUT2D eigenvalue weighted by Gasteiger charge is 2.24. The van der Waals surface area contributed by atoms with Gasteiger partial charge >= 0.3 is 0 Å². The monoisotopic (exact) mass is 831 g/mol. The third kappa shape index (κ3) is 43.4. The Kier molecular flexibility index (Phi) is 40.5. The summed E-state index contributed by atoms with van der Waals surface area (Å²) in [5.41, 5.74) is 0. The minimum Gasteiger partial charge on any atom is -0.756 e. The van der Waals surface area contributed by atoms with Crippen LogP contribution < -0.4 is 10.2 Å². The summed E-state index contributed by atoms with van der Waals surface area (Å²) in [6.45, 7) is 4.74. The second-order valence-electron chi connectivity index (χ2n) is 18.5. The van der Waals surface area contributed by atoms with Gasteiger partial charge in [-0.05, 0) is 12.8 Å². The van der Waals surface area contributed by atoms with E-state index in [1.54, 1.807) is 0 Å². The number of quaternary nitrogens is 1. The molecule has 0 saturated carbocycles. The van der Waals surface area contributed by atoms with Gasteiger partial charge in [0.15, 0.2) is 0 Å². The smallest absolute Gasteiger partial charge is 0.268 e. The first-order valence-electron chi connectivity index (χ1n) is 24.9. The maximum atomic E-state index is 12.9. The summed E-state index contributed by atoms with van der Waals surface area (Å²) in [6, 6.07) is -0.792. The van der Waals surface area contributed by atoms with Crippen molar-refractivity contribution in [2.45, 2.75) is 264 Å². The zero-order valence-corrected chi connectivity index (χ0v) is 39.7. The van der Waals surface area contributed by atoms with Crippen LogP contribution >= 0.6 is 7.82 Å². The van der Waals surface area contributed by atoms with Gasteiger partial charge in [0, 0.05) is 6.42 Å². The Morgan fingerprint density at radius 3 is 1.19 bits per heavy atom. The van der Waals surface area contributed by atoms with E-state index in [1.807, 2.05) is 21.1 Å². The number of carbonyl (C=O) groups excluding carboxylic acids is 1. The van der Waals surface area contributed by atoms with E-state index < -0.39 is 20.0 Å². The molecule has 0 aromatic rings. The molecule has 0 aromatic heterocycles. The van der Waals surface area contributed by atoms with E-state index in [2.05, 4.69) is 19.2 Å². The average molecular weight is 831 g/mol. The van der Waals surface area contributed by atoms with E-state index in [0.29, 0.717) is 23.9 Å². The summed E-state index contributed by atoms with van der Waals surface area (Å²) in [5.74, 6) is -0.160. The van der Waals surface area contributed by atoms with E-state index in [-0.39, 0.29) is 19.1 Å². The summed E-state index contributed by atoms with van der Waals surface area (Å²) < 4.78 is 23.3. The van der Waals surface area contributed by atoms with E-state index in [4.69, 9.17) is 9.05 Å². The highest BCUT2D eigenvalue weighted by atomic mass is 31.2. The number of phosphoric acid groups is 1. The van der Waals surface area contributed by atoms with Crippen LogP contribution in [-0.2, 0) is 18.4 Å². The Hall–Kier alpha value is -0.500. The molecule has 0 spiro atoms. The van der Waals surface area contributed by atoms with Gasteiger partial charge in [0.2, 0.25) is 5.91 Å². The number of unbranched alkanes of at least 4 members (excludes halogenated alkanes) is 33. The fraction of sp³-hybridized carbons (Fsp3) is 0.979. The second kappa shape index (κ2) is 40.9. The van der Waals surface area contributed by atoms with E-state index in [9.17, 15) is 19.4 Å². The quantitative estimate of drug-likeness (QED) is 0.0359. The Bertz CT molecular complexity index is 901. The molecular formula is C48H99N2O6P. The van der Waals surface area contributed by atoms with E-state index in [1.165, 1.54) is 186 Å². The summed E-state index contributed by atoms with van der Waals surface area (Å²) >= 11 is 0. The maximum absolute atomic E-state index is 12.9. The first-order chi connectivity index (χ1) is 27.5. The normalized spacial score (nSPS) is 14.2. The van der Waals surface area contributed by atoms with Crippen LogP contribution in [0.1, 0.15) is 251 Å². The molecular weight excluding hydrogens is 732 g/mol. The van der Waals surface area contributed by atoms with Crippen LogP contribution in [0.25, 0.3) is 0 Å². The van der Waals surface area contributed by atoms with Crippen LogP contribution in [0.5, 0.6) is 0 Å². The summed E-state index contributed by atoms with van der Waals surface area (Å²) in [5, 5.41) is 13.9. The molecule has 0 saturated heterocycles. The van der Waals surface area contributed by atoms with Crippen molar-refractivity contribution in [2.75, 3.05) is 40.9 Å². The lowest BCUT2D eigenvalue weighted by Gasteiger charge is -2.30. The molecule has 0 fully saturated rings. The lowest BCUT2D eigenvalue weighted by molar-refractivity contribution is -0.870.